The third kappa shape index (κ3) is 3.85. The second-order valence-corrected chi connectivity index (χ2v) is 6.51. The maximum Gasteiger partial charge on any atom is 0.263 e. The van der Waals surface area contributed by atoms with E-state index in [-0.39, 0.29) is 23.3 Å². The summed E-state index contributed by atoms with van der Waals surface area (Å²) >= 11 is 1.18. The van der Waals surface area contributed by atoms with E-state index in [1.54, 1.807) is 42.8 Å². The van der Waals surface area contributed by atoms with Crippen LogP contribution in [0.2, 0.25) is 0 Å². The van der Waals surface area contributed by atoms with E-state index >= 15 is 0 Å². The molecule has 0 aliphatic carbocycles. The van der Waals surface area contributed by atoms with Crippen LogP contribution < -0.4 is 10.9 Å². The molecule has 3 aromatic rings. The zero-order valence-corrected chi connectivity index (χ0v) is 15.0. The molecule has 1 atom stereocenters. The van der Waals surface area contributed by atoms with Crippen LogP contribution in [0.3, 0.4) is 0 Å². The minimum absolute atomic E-state index is 0.118. The molecular formula is C18H18N4O3S. The lowest BCUT2D eigenvalue weighted by Gasteiger charge is -2.13. The molecule has 0 spiro atoms. The molecule has 3 aromatic heterocycles. The van der Waals surface area contributed by atoms with Gasteiger partial charge in [-0.25, -0.2) is 9.97 Å². The van der Waals surface area contributed by atoms with Crippen LogP contribution in [0.25, 0.3) is 11.0 Å². The average Bonchev–Trinajstić information content (AvgIpc) is 3.17. The first-order valence-corrected chi connectivity index (χ1v) is 9.00. The van der Waals surface area contributed by atoms with Crippen molar-refractivity contribution in [2.24, 2.45) is 0 Å². The van der Waals surface area contributed by atoms with Gasteiger partial charge in [0.25, 0.3) is 5.56 Å². The largest absolute Gasteiger partial charge is 0.467 e. The van der Waals surface area contributed by atoms with Crippen LogP contribution in [0.15, 0.2) is 63.7 Å². The van der Waals surface area contributed by atoms with Crippen LogP contribution >= 0.6 is 11.8 Å². The van der Waals surface area contributed by atoms with Gasteiger partial charge in [0.15, 0.2) is 10.8 Å². The van der Waals surface area contributed by atoms with Gasteiger partial charge in [-0.15, -0.1) is 6.58 Å². The molecule has 0 aromatic carbocycles. The molecule has 134 valence electrons. The van der Waals surface area contributed by atoms with E-state index in [0.29, 0.717) is 28.5 Å². The molecule has 3 rings (SSSR count). The highest BCUT2D eigenvalue weighted by atomic mass is 32.2. The van der Waals surface area contributed by atoms with Crippen molar-refractivity contribution < 1.29 is 9.21 Å². The first-order valence-electron chi connectivity index (χ1n) is 8.02. The van der Waals surface area contributed by atoms with Crippen molar-refractivity contribution in [2.75, 3.05) is 5.75 Å². The summed E-state index contributed by atoms with van der Waals surface area (Å²) in [7, 11) is 0. The van der Waals surface area contributed by atoms with Crippen LogP contribution in [0.5, 0.6) is 0 Å². The Bertz CT molecular complexity index is 982. The van der Waals surface area contributed by atoms with Crippen molar-refractivity contribution in [3.8, 4) is 0 Å². The first-order chi connectivity index (χ1) is 12.6. The summed E-state index contributed by atoms with van der Waals surface area (Å²) in [5.74, 6) is 0.617. The Morgan fingerprint density at radius 1 is 1.46 bits per heavy atom. The molecule has 1 amide bonds. The van der Waals surface area contributed by atoms with Crippen molar-refractivity contribution in [1.82, 2.24) is 19.9 Å². The van der Waals surface area contributed by atoms with E-state index in [1.165, 1.54) is 16.3 Å². The van der Waals surface area contributed by atoms with E-state index in [4.69, 9.17) is 4.42 Å². The molecule has 0 aliphatic heterocycles. The van der Waals surface area contributed by atoms with E-state index in [9.17, 15) is 9.59 Å². The number of hydrogen-bond acceptors (Lipinski definition) is 6. The third-order valence-corrected chi connectivity index (χ3v) is 4.66. The number of furan rings is 1. The maximum atomic E-state index is 12.6. The second kappa shape index (κ2) is 8.01. The monoisotopic (exact) mass is 370 g/mol. The number of pyridine rings is 1. The van der Waals surface area contributed by atoms with Crippen LogP contribution in [-0.2, 0) is 11.3 Å². The Kier molecular flexibility index (Phi) is 5.52. The Balaban J connectivity index is 1.77. The molecule has 1 unspecified atom stereocenters. The number of thioether (sulfide) groups is 1. The molecule has 0 aliphatic rings. The quantitative estimate of drug-likeness (QED) is 0.390. The van der Waals surface area contributed by atoms with E-state index in [0.717, 1.165) is 0 Å². The summed E-state index contributed by atoms with van der Waals surface area (Å²) in [5, 5.41) is 3.72. The van der Waals surface area contributed by atoms with Gasteiger partial charge in [0, 0.05) is 12.7 Å². The predicted octanol–water partition coefficient (Wildman–Crippen LogP) is 2.54. The average molecular weight is 370 g/mol. The number of hydrogen-bond donors (Lipinski definition) is 1. The Hall–Kier alpha value is -2.87. The highest BCUT2D eigenvalue weighted by Crippen LogP contribution is 2.18. The Morgan fingerprint density at radius 2 is 2.31 bits per heavy atom. The number of carbonyl (C=O) groups is 1. The molecule has 0 fully saturated rings. The van der Waals surface area contributed by atoms with Crippen molar-refractivity contribution in [1.29, 1.82) is 0 Å². The van der Waals surface area contributed by atoms with Gasteiger partial charge in [0.05, 0.1) is 23.4 Å². The van der Waals surface area contributed by atoms with Gasteiger partial charge in [-0.2, -0.15) is 0 Å². The van der Waals surface area contributed by atoms with E-state index in [1.807, 2.05) is 6.92 Å². The molecule has 26 heavy (non-hydrogen) atoms. The second-order valence-electron chi connectivity index (χ2n) is 5.57. The summed E-state index contributed by atoms with van der Waals surface area (Å²) < 4.78 is 6.77. The molecule has 8 heteroatoms. The molecule has 0 saturated carbocycles. The summed E-state index contributed by atoms with van der Waals surface area (Å²) in [6.07, 6.45) is 4.76. The molecule has 0 radical (unpaired) electrons. The number of amides is 1. The zero-order chi connectivity index (χ0) is 18.5. The lowest BCUT2D eigenvalue weighted by molar-refractivity contribution is -0.119. The highest BCUT2D eigenvalue weighted by Gasteiger charge is 2.15. The van der Waals surface area contributed by atoms with Crippen molar-refractivity contribution in [3.05, 3.63) is 65.5 Å². The number of allylic oxidation sites excluding steroid dienone is 1. The number of rotatable bonds is 7. The molecule has 1 N–H and O–H groups in total. The summed E-state index contributed by atoms with van der Waals surface area (Å²) in [5.41, 5.74) is 0.166. The summed E-state index contributed by atoms with van der Waals surface area (Å²) in [4.78, 5) is 33.4. The zero-order valence-electron chi connectivity index (χ0n) is 14.2. The van der Waals surface area contributed by atoms with E-state index < -0.39 is 0 Å². The normalized spacial score (nSPS) is 12.0. The Morgan fingerprint density at radius 3 is 3.04 bits per heavy atom. The van der Waals surface area contributed by atoms with Gasteiger partial charge < -0.3 is 9.73 Å². The lowest BCUT2D eigenvalue weighted by atomic mass is 10.2. The topological polar surface area (TPSA) is 90.0 Å². The lowest BCUT2D eigenvalue weighted by Crippen LogP contribution is -2.29. The first kappa shape index (κ1) is 17.9. The maximum absolute atomic E-state index is 12.6. The Labute approximate surface area is 154 Å². The minimum atomic E-state index is -0.236. The number of aromatic nitrogens is 3. The van der Waals surface area contributed by atoms with Crippen molar-refractivity contribution in [3.63, 3.8) is 0 Å². The smallest absolute Gasteiger partial charge is 0.263 e. The fraction of sp³-hybridized carbons (Fsp3) is 0.222. The number of fused-ring (bicyclic) bond motifs is 1. The standard InChI is InChI=1S/C18H18N4O3S/c1-3-9-22-17(24)13-6-4-8-19-16(13)21-18(22)26-11-15(23)20-12(2)14-7-5-10-25-14/h3-8,10,12H,1,9,11H2,2H3,(H,20,23). The van der Waals surface area contributed by atoms with Crippen LogP contribution in [0, 0.1) is 0 Å². The number of nitrogens with zero attached hydrogens (tertiary/aromatic N) is 3. The van der Waals surface area contributed by atoms with Gasteiger partial charge in [0.1, 0.15) is 5.76 Å². The SMILES string of the molecule is C=CCn1c(SCC(=O)NC(C)c2ccco2)nc2ncccc2c1=O. The van der Waals surface area contributed by atoms with Crippen molar-refractivity contribution >= 4 is 28.7 Å². The van der Waals surface area contributed by atoms with Gasteiger partial charge in [-0.3, -0.25) is 14.2 Å². The fourth-order valence-corrected chi connectivity index (χ4v) is 3.27. The molecule has 0 bridgehead atoms. The van der Waals surface area contributed by atoms with Gasteiger partial charge in [-0.1, -0.05) is 17.8 Å². The van der Waals surface area contributed by atoms with Gasteiger partial charge >= 0.3 is 0 Å². The minimum Gasteiger partial charge on any atom is -0.467 e. The van der Waals surface area contributed by atoms with Gasteiger partial charge in [-0.05, 0) is 31.2 Å². The third-order valence-electron chi connectivity index (χ3n) is 3.69. The highest BCUT2D eigenvalue weighted by molar-refractivity contribution is 7.99. The van der Waals surface area contributed by atoms with Gasteiger partial charge in [0.2, 0.25) is 5.91 Å². The fourth-order valence-electron chi connectivity index (χ4n) is 2.46. The molecule has 0 saturated heterocycles. The molecule has 3 heterocycles. The predicted molar refractivity (Wildman–Crippen MR) is 100.0 cm³/mol. The van der Waals surface area contributed by atoms with Crippen molar-refractivity contribution in [2.45, 2.75) is 24.7 Å². The summed E-state index contributed by atoms with van der Waals surface area (Å²) in [6, 6.07) is 6.71. The van der Waals surface area contributed by atoms with Crippen LogP contribution in [-0.4, -0.2) is 26.2 Å². The van der Waals surface area contributed by atoms with Crippen LogP contribution in [0.4, 0.5) is 0 Å². The van der Waals surface area contributed by atoms with Crippen LogP contribution in [0.1, 0.15) is 18.7 Å². The number of carbonyl (C=O) groups excluding carboxylic acids is 1. The molecule has 7 nitrogen and oxygen atoms in total. The summed E-state index contributed by atoms with van der Waals surface area (Å²) in [6.45, 7) is 5.83. The van der Waals surface area contributed by atoms with E-state index in [2.05, 4.69) is 21.9 Å². The molecular weight excluding hydrogens is 352 g/mol. The number of nitrogens with one attached hydrogen (secondary N) is 1.